The lowest BCUT2D eigenvalue weighted by Crippen LogP contribution is -2.48. The predicted octanol–water partition coefficient (Wildman–Crippen LogP) is 2.06. The van der Waals surface area contributed by atoms with Gasteiger partial charge in [0, 0.05) is 12.1 Å². The Balaban J connectivity index is 1.91. The fraction of sp³-hybridized carbons (Fsp3) is 0.417. The molecule has 0 unspecified atom stereocenters. The number of nitro groups is 1. The van der Waals surface area contributed by atoms with E-state index in [-0.39, 0.29) is 17.8 Å². The molecule has 2 N–H and O–H groups in total. The van der Waals surface area contributed by atoms with Crippen LogP contribution in [0.5, 0.6) is 0 Å². The first-order valence-electron chi connectivity index (χ1n) is 6.06. The third-order valence-electron chi connectivity index (χ3n) is 3.57. The van der Waals surface area contributed by atoms with Gasteiger partial charge in [0.15, 0.2) is 5.58 Å². The highest BCUT2D eigenvalue weighted by Crippen LogP contribution is 2.35. The molecule has 1 aliphatic rings. The van der Waals surface area contributed by atoms with Crippen LogP contribution in [0.2, 0.25) is 0 Å². The van der Waals surface area contributed by atoms with Crippen molar-refractivity contribution in [2.45, 2.75) is 24.8 Å². The van der Waals surface area contributed by atoms with Gasteiger partial charge in [0.05, 0.1) is 17.1 Å². The highest BCUT2D eigenvalue weighted by molar-refractivity contribution is 5.77. The number of aliphatic hydroxyl groups is 1. The Labute approximate surface area is 108 Å². The number of hydrogen-bond donors (Lipinski definition) is 2. The predicted molar refractivity (Wildman–Crippen MR) is 68.0 cm³/mol. The molecule has 7 nitrogen and oxygen atoms in total. The molecule has 0 amide bonds. The van der Waals surface area contributed by atoms with E-state index in [4.69, 9.17) is 4.42 Å². The van der Waals surface area contributed by atoms with Gasteiger partial charge in [0.1, 0.15) is 5.52 Å². The van der Waals surface area contributed by atoms with Crippen molar-refractivity contribution in [3.8, 4) is 0 Å². The van der Waals surface area contributed by atoms with E-state index in [1.54, 1.807) is 0 Å². The molecule has 0 aliphatic heterocycles. The number of aliphatic hydroxyl groups excluding tert-OH is 1. The highest BCUT2D eigenvalue weighted by Gasteiger charge is 2.37. The molecule has 19 heavy (non-hydrogen) atoms. The summed E-state index contributed by atoms with van der Waals surface area (Å²) in [6, 6.07) is 4.57. The molecule has 0 atom stereocenters. The summed E-state index contributed by atoms with van der Waals surface area (Å²) in [5.41, 5.74) is 0.546. The summed E-state index contributed by atoms with van der Waals surface area (Å²) >= 11 is 0. The van der Waals surface area contributed by atoms with Crippen molar-refractivity contribution >= 4 is 22.8 Å². The Bertz CT molecular complexity index is 627. The van der Waals surface area contributed by atoms with Crippen molar-refractivity contribution < 1.29 is 14.4 Å². The lowest BCUT2D eigenvalue weighted by Gasteiger charge is -2.40. The van der Waals surface area contributed by atoms with Gasteiger partial charge < -0.3 is 14.8 Å². The number of fused-ring (bicyclic) bond motifs is 1. The summed E-state index contributed by atoms with van der Waals surface area (Å²) in [5.74, 6) is 0. The van der Waals surface area contributed by atoms with Crippen LogP contribution in [0.25, 0.3) is 11.1 Å². The average molecular weight is 263 g/mol. The molecule has 0 spiro atoms. The molecule has 1 aliphatic carbocycles. The molecule has 2 aromatic rings. The quantitative estimate of drug-likeness (QED) is 0.646. The summed E-state index contributed by atoms with van der Waals surface area (Å²) in [7, 11) is 0. The Morgan fingerprint density at radius 2 is 2.32 bits per heavy atom. The molecule has 1 fully saturated rings. The fourth-order valence-electron chi connectivity index (χ4n) is 2.24. The number of nitro benzene ring substituents is 1. The van der Waals surface area contributed by atoms with Crippen molar-refractivity contribution in [3.05, 3.63) is 28.3 Å². The Kier molecular flexibility index (Phi) is 2.63. The van der Waals surface area contributed by atoms with E-state index >= 15 is 0 Å². The Morgan fingerprint density at radius 1 is 1.53 bits per heavy atom. The van der Waals surface area contributed by atoms with E-state index in [9.17, 15) is 15.2 Å². The number of nitrogens with zero attached hydrogens (tertiary/aromatic N) is 2. The van der Waals surface area contributed by atoms with Crippen molar-refractivity contribution in [2.24, 2.45) is 0 Å². The van der Waals surface area contributed by atoms with E-state index in [2.05, 4.69) is 10.3 Å². The van der Waals surface area contributed by atoms with Gasteiger partial charge in [0.2, 0.25) is 0 Å². The molecule has 1 heterocycles. The summed E-state index contributed by atoms with van der Waals surface area (Å²) in [5, 5.41) is 23.1. The maximum atomic E-state index is 10.7. The Morgan fingerprint density at radius 3 is 2.89 bits per heavy atom. The molecular weight excluding hydrogens is 250 g/mol. The first kappa shape index (κ1) is 11.9. The van der Waals surface area contributed by atoms with Crippen LogP contribution in [-0.4, -0.2) is 27.2 Å². The summed E-state index contributed by atoms with van der Waals surface area (Å²) in [4.78, 5) is 14.4. The topological polar surface area (TPSA) is 101 Å². The van der Waals surface area contributed by atoms with Crippen LogP contribution in [0.15, 0.2) is 22.6 Å². The number of nitrogens with one attached hydrogen (secondary N) is 1. The minimum Gasteiger partial charge on any atom is -0.424 e. The lowest BCUT2D eigenvalue weighted by molar-refractivity contribution is -0.384. The minimum atomic E-state index is -0.470. The molecule has 7 heteroatoms. The van der Waals surface area contributed by atoms with Crippen molar-refractivity contribution in [3.63, 3.8) is 0 Å². The van der Waals surface area contributed by atoms with Gasteiger partial charge in [-0.05, 0) is 25.3 Å². The van der Waals surface area contributed by atoms with Gasteiger partial charge in [0.25, 0.3) is 11.7 Å². The van der Waals surface area contributed by atoms with Gasteiger partial charge in [-0.25, -0.2) is 0 Å². The third-order valence-corrected chi connectivity index (χ3v) is 3.57. The zero-order chi connectivity index (χ0) is 13.5. The summed E-state index contributed by atoms with van der Waals surface area (Å²) in [6.07, 6.45) is 2.78. The van der Waals surface area contributed by atoms with Gasteiger partial charge in [-0.15, -0.1) is 0 Å². The van der Waals surface area contributed by atoms with Crippen LogP contribution in [0.4, 0.5) is 11.7 Å². The second kappa shape index (κ2) is 4.20. The molecule has 0 saturated heterocycles. The maximum absolute atomic E-state index is 10.7. The first-order chi connectivity index (χ1) is 9.12. The third kappa shape index (κ3) is 2.01. The van der Waals surface area contributed by atoms with E-state index < -0.39 is 4.92 Å². The number of aromatic nitrogens is 1. The van der Waals surface area contributed by atoms with E-state index in [1.807, 2.05) is 0 Å². The number of rotatable bonds is 4. The molecule has 1 saturated carbocycles. The zero-order valence-corrected chi connectivity index (χ0v) is 10.1. The smallest absolute Gasteiger partial charge is 0.296 e. The van der Waals surface area contributed by atoms with Gasteiger partial charge >= 0.3 is 0 Å². The number of anilines is 1. The largest absolute Gasteiger partial charge is 0.424 e. The van der Waals surface area contributed by atoms with Crippen LogP contribution in [0.1, 0.15) is 19.3 Å². The second-order valence-corrected chi connectivity index (χ2v) is 4.85. The van der Waals surface area contributed by atoms with Crippen molar-refractivity contribution in [2.75, 3.05) is 11.9 Å². The van der Waals surface area contributed by atoms with Crippen LogP contribution in [0, 0.1) is 10.1 Å². The molecule has 1 aromatic heterocycles. The standard InChI is InChI=1S/C12H13N3O4/c16-7-12(4-1-5-12)14-11-13-9-6-8(15(17)18)2-3-10(9)19-11/h2-3,6,16H,1,4-5,7H2,(H,13,14). The zero-order valence-electron chi connectivity index (χ0n) is 10.1. The van der Waals surface area contributed by atoms with Gasteiger partial charge in [-0.1, -0.05) is 0 Å². The van der Waals surface area contributed by atoms with E-state index in [1.165, 1.54) is 18.2 Å². The first-order valence-corrected chi connectivity index (χ1v) is 6.06. The Hall–Kier alpha value is -2.15. The summed E-state index contributed by atoms with van der Waals surface area (Å²) in [6.45, 7) is 0.0197. The molecule has 1 aromatic carbocycles. The highest BCUT2D eigenvalue weighted by atomic mass is 16.6. The number of non-ortho nitro benzene ring substituents is 1. The number of benzene rings is 1. The molecule has 0 radical (unpaired) electrons. The number of hydrogen-bond acceptors (Lipinski definition) is 6. The minimum absolute atomic E-state index is 0.0197. The average Bonchev–Trinajstić information content (AvgIpc) is 2.74. The van der Waals surface area contributed by atoms with Crippen LogP contribution in [-0.2, 0) is 0 Å². The second-order valence-electron chi connectivity index (χ2n) is 4.85. The van der Waals surface area contributed by atoms with Gasteiger partial charge in [-0.2, -0.15) is 4.98 Å². The van der Waals surface area contributed by atoms with E-state index in [0.717, 1.165) is 19.3 Å². The normalized spacial score (nSPS) is 17.1. The van der Waals surface area contributed by atoms with Crippen LogP contribution in [0.3, 0.4) is 0 Å². The fourth-order valence-corrected chi connectivity index (χ4v) is 2.24. The van der Waals surface area contributed by atoms with E-state index in [0.29, 0.717) is 17.1 Å². The van der Waals surface area contributed by atoms with Crippen LogP contribution >= 0.6 is 0 Å². The summed E-state index contributed by atoms with van der Waals surface area (Å²) < 4.78 is 5.48. The lowest BCUT2D eigenvalue weighted by atomic mass is 9.77. The molecule has 100 valence electrons. The maximum Gasteiger partial charge on any atom is 0.296 e. The van der Waals surface area contributed by atoms with Crippen LogP contribution < -0.4 is 5.32 Å². The number of oxazole rings is 1. The van der Waals surface area contributed by atoms with Gasteiger partial charge in [-0.3, -0.25) is 10.1 Å². The molecule has 0 bridgehead atoms. The molecule has 3 rings (SSSR count). The van der Waals surface area contributed by atoms with Crippen molar-refractivity contribution in [1.82, 2.24) is 4.98 Å². The van der Waals surface area contributed by atoms with Crippen molar-refractivity contribution in [1.29, 1.82) is 0 Å². The molecular formula is C12H13N3O4. The SMILES string of the molecule is O=[N+]([O-])c1ccc2oc(NC3(CO)CCC3)nc2c1. The monoisotopic (exact) mass is 263 g/mol.